The summed E-state index contributed by atoms with van der Waals surface area (Å²) in [5.74, 6) is -1.32. The van der Waals surface area contributed by atoms with E-state index in [1.54, 1.807) is 12.1 Å². The van der Waals surface area contributed by atoms with Crippen LogP contribution in [0.5, 0.6) is 0 Å². The van der Waals surface area contributed by atoms with Crippen LogP contribution in [0.15, 0.2) is 18.2 Å². The van der Waals surface area contributed by atoms with E-state index in [1.807, 2.05) is 6.07 Å². The number of hydrogen-bond acceptors (Lipinski definition) is 6. The molecule has 0 radical (unpaired) electrons. The average molecular weight is 370 g/mol. The summed E-state index contributed by atoms with van der Waals surface area (Å²) >= 11 is 0. The van der Waals surface area contributed by atoms with Gasteiger partial charge in [-0.2, -0.15) is 0 Å². The van der Waals surface area contributed by atoms with Crippen LogP contribution < -0.4 is 16.0 Å². The second-order valence-corrected chi connectivity index (χ2v) is 7.28. The van der Waals surface area contributed by atoms with E-state index in [1.165, 1.54) is 0 Å². The van der Waals surface area contributed by atoms with Crippen LogP contribution in [0.3, 0.4) is 0 Å². The van der Waals surface area contributed by atoms with Gasteiger partial charge >= 0.3 is 0 Å². The van der Waals surface area contributed by atoms with Crippen LogP contribution in [-0.4, -0.2) is 54.2 Å². The number of fused-ring (bicyclic) bond motifs is 1. The number of hydrogen-bond donors (Lipinski definition) is 3. The molecule has 3 heterocycles. The summed E-state index contributed by atoms with van der Waals surface area (Å²) in [5.41, 5.74) is 1.45. The summed E-state index contributed by atoms with van der Waals surface area (Å²) in [5, 5.41) is 8.90. The number of carbonyl (C=O) groups excluding carboxylic acids is 4. The van der Waals surface area contributed by atoms with E-state index in [0.717, 1.165) is 36.5 Å². The van der Waals surface area contributed by atoms with E-state index < -0.39 is 23.8 Å². The Labute approximate surface area is 156 Å². The molecule has 2 fully saturated rings. The minimum absolute atomic E-state index is 0.119. The van der Waals surface area contributed by atoms with E-state index in [9.17, 15) is 19.2 Å². The molecule has 0 saturated carbocycles. The Hall–Kier alpha value is -2.58. The fourth-order valence-corrected chi connectivity index (χ4v) is 4.03. The van der Waals surface area contributed by atoms with Gasteiger partial charge in [-0.15, -0.1) is 0 Å². The van der Waals surface area contributed by atoms with Gasteiger partial charge in [-0.3, -0.25) is 29.4 Å². The van der Waals surface area contributed by atoms with Gasteiger partial charge in [-0.05, 0) is 50.0 Å². The number of carbonyl (C=O) groups is 4. The first kappa shape index (κ1) is 17.8. The van der Waals surface area contributed by atoms with E-state index in [0.29, 0.717) is 23.6 Å². The smallest absolute Gasteiger partial charge is 0.262 e. The standard InChI is InChI=1S/C19H22N4O4/c24-15-5-4-14(17(25)22-15)23-18(26)13-3-1-2-12(16(13)19(23)27)10-21-9-11-6-7-20-8-11/h1-3,11,14,20-21H,4-10H2,(H,22,24,25)/t11-,14?/m1/s1. The molecule has 0 spiro atoms. The third kappa shape index (κ3) is 3.26. The maximum Gasteiger partial charge on any atom is 0.262 e. The van der Waals surface area contributed by atoms with E-state index in [2.05, 4.69) is 16.0 Å². The van der Waals surface area contributed by atoms with Gasteiger partial charge in [-0.1, -0.05) is 12.1 Å². The molecule has 1 aromatic rings. The van der Waals surface area contributed by atoms with Crippen molar-refractivity contribution in [1.82, 2.24) is 20.9 Å². The van der Waals surface area contributed by atoms with Crippen LogP contribution in [0.25, 0.3) is 0 Å². The number of amides is 4. The highest BCUT2D eigenvalue weighted by Crippen LogP contribution is 2.29. The largest absolute Gasteiger partial charge is 0.316 e. The second-order valence-electron chi connectivity index (χ2n) is 7.28. The number of rotatable bonds is 5. The SMILES string of the molecule is O=C1CCC(N2C(=O)c3cccc(CNC[C@@H]4CCNC4)c3C2=O)C(=O)N1. The predicted octanol–water partition coefficient (Wildman–Crippen LogP) is -0.213. The topological polar surface area (TPSA) is 108 Å². The number of benzene rings is 1. The van der Waals surface area contributed by atoms with Crippen molar-refractivity contribution >= 4 is 23.6 Å². The van der Waals surface area contributed by atoms with Gasteiger partial charge < -0.3 is 10.6 Å². The highest BCUT2D eigenvalue weighted by atomic mass is 16.2. The maximum atomic E-state index is 13.0. The quantitative estimate of drug-likeness (QED) is 0.619. The molecule has 1 aromatic carbocycles. The number of imide groups is 2. The lowest BCUT2D eigenvalue weighted by molar-refractivity contribution is -0.136. The first-order valence-electron chi connectivity index (χ1n) is 9.31. The maximum absolute atomic E-state index is 13.0. The Morgan fingerprint density at radius 3 is 2.70 bits per heavy atom. The first-order valence-corrected chi connectivity index (χ1v) is 9.31. The summed E-state index contributed by atoms with van der Waals surface area (Å²) in [4.78, 5) is 50.3. The van der Waals surface area contributed by atoms with E-state index in [4.69, 9.17) is 0 Å². The van der Waals surface area contributed by atoms with Gasteiger partial charge in [0.2, 0.25) is 11.8 Å². The lowest BCUT2D eigenvalue weighted by Gasteiger charge is -2.27. The Morgan fingerprint density at radius 2 is 1.96 bits per heavy atom. The van der Waals surface area contributed by atoms with Crippen LogP contribution in [0.2, 0.25) is 0 Å². The van der Waals surface area contributed by atoms with Crippen LogP contribution >= 0.6 is 0 Å². The van der Waals surface area contributed by atoms with E-state index >= 15 is 0 Å². The zero-order valence-electron chi connectivity index (χ0n) is 14.9. The molecule has 8 heteroatoms. The molecule has 2 atom stereocenters. The number of nitrogens with one attached hydrogen (secondary N) is 3. The fraction of sp³-hybridized carbons (Fsp3) is 0.474. The third-order valence-corrected chi connectivity index (χ3v) is 5.47. The van der Waals surface area contributed by atoms with Crippen molar-refractivity contribution < 1.29 is 19.2 Å². The zero-order chi connectivity index (χ0) is 19.0. The normalized spacial score (nSPS) is 25.1. The van der Waals surface area contributed by atoms with Crippen molar-refractivity contribution in [3.63, 3.8) is 0 Å². The molecular formula is C19H22N4O4. The Bertz CT molecular complexity index is 816. The van der Waals surface area contributed by atoms with Crippen LogP contribution in [0, 0.1) is 5.92 Å². The summed E-state index contributed by atoms with van der Waals surface area (Å²) in [6, 6.07) is 4.27. The molecule has 4 rings (SSSR count). The highest BCUT2D eigenvalue weighted by molar-refractivity contribution is 6.24. The molecule has 3 aliphatic rings. The molecular weight excluding hydrogens is 348 g/mol. The Kier molecular flexibility index (Phi) is 4.75. The lowest BCUT2D eigenvalue weighted by atomic mass is 10.0. The molecule has 2 saturated heterocycles. The number of nitrogens with zero attached hydrogens (tertiary/aromatic N) is 1. The van der Waals surface area contributed by atoms with Crippen molar-refractivity contribution in [2.24, 2.45) is 5.92 Å². The monoisotopic (exact) mass is 370 g/mol. The molecule has 0 aliphatic carbocycles. The fourth-order valence-electron chi connectivity index (χ4n) is 4.03. The van der Waals surface area contributed by atoms with Crippen molar-refractivity contribution in [2.75, 3.05) is 19.6 Å². The van der Waals surface area contributed by atoms with Crippen molar-refractivity contribution in [3.05, 3.63) is 34.9 Å². The van der Waals surface area contributed by atoms with Gasteiger partial charge in [-0.25, -0.2) is 0 Å². The van der Waals surface area contributed by atoms with Gasteiger partial charge in [0.15, 0.2) is 0 Å². The molecule has 0 bridgehead atoms. The second kappa shape index (κ2) is 7.21. The van der Waals surface area contributed by atoms with Gasteiger partial charge in [0.1, 0.15) is 6.04 Å². The first-order chi connectivity index (χ1) is 13.1. The summed E-state index contributed by atoms with van der Waals surface area (Å²) in [6.07, 6.45) is 1.41. The number of piperidine rings is 1. The molecule has 1 unspecified atom stereocenters. The minimum Gasteiger partial charge on any atom is -0.316 e. The van der Waals surface area contributed by atoms with Gasteiger partial charge in [0.25, 0.3) is 11.8 Å². The van der Waals surface area contributed by atoms with Crippen LogP contribution in [0.4, 0.5) is 0 Å². The minimum atomic E-state index is -0.930. The molecule has 8 nitrogen and oxygen atoms in total. The van der Waals surface area contributed by atoms with Gasteiger partial charge in [0.05, 0.1) is 11.1 Å². The summed E-state index contributed by atoms with van der Waals surface area (Å²) < 4.78 is 0. The molecule has 4 amide bonds. The molecule has 0 aromatic heterocycles. The summed E-state index contributed by atoms with van der Waals surface area (Å²) in [7, 11) is 0. The highest BCUT2D eigenvalue weighted by Gasteiger charge is 2.45. The van der Waals surface area contributed by atoms with Crippen molar-refractivity contribution in [1.29, 1.82) is 0 Å². The predicted molar refractivity (Wildman–Crippen MR) is 95.8 cm³/mol. The average Bonchev–Trinajstić information content (AvgIpc) is 3.24. The van der Waals surface area contributed by atoms with Crippen molar-refractivity contribution in [2.45, 2.75) is 31.8 Å². The van der Waals surface area contributed by atoms with Crippen molar-refractivity contribution in [3.8, 4) is 0 Å². The lowest BCUT2D eigenvalue weighted by Crippen LogP contribution is -2.54. The van der Waals surface area contributed by atoms with Gasteiger partial charge in [0, 0.05) is 13.0 Å². The molecule has 142 valence electrons. The summed E-state index contributed by atoms with van der Waals surface area (Å²) in [6.45, 7) is 3.35. The molecule has 27 heavy (non-hydrogen) atoms. The van der Waals surface area contributed by atoms with Crippen LogP contribution in [0.1, 0.15) is 45.5 Å². The van der Waals surface area contributed by atoms with E-state index in [-0.39, 0.29) is 18.7 Å². The molecule has 3 N–H and O–H groups in total. The third-order valence-electron chi connectivity index (χ3n) is 5.47. The van der Waals surface area contributed by atoms with Crippen LogP contribution in [-0.2, 0) is 16.1 Å². The molecule has 3 aliphatic heterocycles. The Balaban J connectivity index is 1.52. The zero-order valence-corrected chi connectivity index (χ0v) is 14.9. The Morgan fingerprint density at radius 1 is 1.11 bits per heavy atom.